The molecular formula is C29H47NO5. The second-order valence-electron chi connectivity index (χ2n) is 14.5. The summed E-state index contributed by atoms with van der Waals surface area (Å²) in [5.74, 6) is 1.84. The van der Waals surface area contributed by atoms with Gasteiger partial charge in [0.2, 0.25) is 0 Å². The van der Waals surface area contributed by atoms with Gasteiger partial charge in [-0.15, -0.1) is 0 Å². The second-order valence-corrected chi connectivity index (χ2v) is 14.5. The summed E-state index contributed by atoms with van der Waals surface area (Å²) in [6, 6.07) is 0. The lowest BCUT2D eigenvalue weighted by molar-refractivity contribution is -0.182. The third kappa shape index (κ3) is 2.75. The number of amides is 1. The Morgan fingerprint density at radius 1 is 1.03 bits per heavy atom. The number of aliphatic hydroxyl groups excluding tert-OH is 2. The van der Waals surface area contributed by atoms with Gasteiger partial charge in [0.05, 0.1) is 24.4 Å². The lowest BCUT2D eigenvalue weighted by Crippen LogP contribution is -2.59. The van der Waals surface area contributed by atoms with Crippen LogP contribution in [0.5, 0.6) is 0 Å². The summed E-state index contributed by atoms with van der Waals surface area (Å²) in [6.45, 7) is 12.0. The number of fused-ring (bicyclic) bond motifs is 4. The Balaban J connectivity index is 1.31. The molecule has 6 heteroatoms. The van der Waals surface area contributed by atoms with Crippen molar-refractivity contribution in [3.63, 3.8) is 0 Å². The minimum Gasteiger partial charge on any atom is -0.447 e. The summed E-state index contributed by atoms with van der Waals surface area (Å²) in [4.78, 5) is 11.7. The number of carbonyl (C=O) groups excluding carboxylic acids is 1. The van der Waals surface area contributed by atoms with Gasteiger partial charge in [-0.3, -0.25) is 0 Å². The summed E-state index contributed by atoms with van der Waals surface area (Å²) in [5, 5.41) is 25.5. The maximum absolute atomic E-state index is 12.1. The Hall–Kier alpha value is -0.850. The summed E-state index contributed by atoms with van der Waals surface area (Å²) in [7, 11) is 1.57. The quantitative estimate of drug-likeness (QED) is 0.531. The molecule has 6 rings (SSSR count). The van der Waals surface area contributed by atoms with E-state index in [4.69, 9.17) is 9.47 Å². The number of hydrogen-bond acceptors (Lipinski definition) is 5. The maximum Gasteiger partial charge on any atom is 0.406 e. The normalized spacial score (nSPS) is 57.6. The van der Waals surface area contributed by atoms with Gasteiger partial charge in [-0.25, -0.2) is 4.79 Å². The van der Waals surface area contributed by atoms with Gasteiger partial charge in [0.25, 0.3) is 0 Å². The van der Waals surface area contributed by atoms with Gasteiger partial charge in [-0.05, 0) is 96.7 Å². The SMILES string of the molecule is CNC(=O)OCC1C[C@@H](C)[C@H]2C(O1)[C@H](O)[C@@]1(C)C3CC[C@H]4C(C)(C)[C@@H](O)CC[C@@]45C[C@@]35CC[C@]21C. The third-order valence-corrected chi connectivity index (χ3v) is 13.5. The van der Waals surface area contributed by atoms with Crippen molar-refractivity contribution in [3.8, 4) is 0 Å². The van der Waals surface area contributed by atoms with Crippen LogP contribution in [0.1, 0.15) is 86.0 Å². The molecule has 1 saturated heterocycles. The van der Waals surface area contributed by atoms with Gasteiger partial charge in [0.1, 0.15) is 6.61 Å². The van der Waals surface area contributed by atoms with Crippen molar-refractivity contribution in [2.24, 2.45) is 50.7 Å². The van der Waals surface area contributed by atoms with E-state index in [1.54, 1.807) is 7.05 Å². The molecule has 35 heavy (non-hydrogen) atoms. The first-order chi connectivity index (χ1) is 16.4. The zero-order valence-electron chi connectivity index (χ0n) is 22.6. The van der Waals surface area contributed by atoms with Crippen molar-refractivity contribution in [1.29, 1.82) is 0 Å². The highest BCUT2D eigenvalue weighted by molar-refractivity contribution is 5.66. The zero-order valence-corrected chi connectivity index (χ0v) is 22.6. The number of alkyl carbamates (subject to hydrolysis) is 1. The lowest BCUT2D eigenvalue weighted by Gasteiger charge is -2.63. The molecule has 198 valence electrons. The van der Waals surface area contributed by atoms with Crippen molar-refractivity contribution in [2.75, 3.05) is 13.7 Å². The van der Waals surface area contributed by atoms with Gasteiger partial charge in [-0.2, -0.15) is 0 Å². The van der Waals surface area contributed by atoms with E-state index < -0.39 is 12.2 Å². The number of aliphatic hydroxyl groups is 2. The lowest BCUT2D eigenvalue weighted by atomic mass is 9.41. The summed E-state index contributed by atoms with van der Waals surface area (Å²) in [6.07, 6.45) is 7.49. The maximum atomic E-state index is 12.1. The standard InChI is InChI=1S/C29H47NO5/c1-16-13-17(14-34-24(33)30-6)35-22-21(16)26(4)11-12-29-15-28(29)10-9-20(31)25(2,3)18(28)7-8-19(29)27(26,5)23(22)32/h16-23,31-32H,7-15H2,1-6H3,(H,30,33)/t16-,17?,18+,19?,20+,21+,22?,23+,26-,27-,28-,29+/m1/s1. The van der Waals surface area contributed by atoms with E-state index >= 15 is 0 Å². The number of carbonyl (C=O) groups is 1. The molecule has 12 atom stereocenters. The highest BCUT2D eigenvalue weighted by atomic mass is 16.6. The molecular weight excluding hydrogens is 442 g/mol. The van der Waals surface area contributed by atoms with Crippen LogP contribution in [0.15, 0.2) is 0 Å². The highest BCUT2D eigenvalue weighted by Gasteiger charge is 2.84. The molecule has 6 fully saturated rings. The monoisotopic (exact) mass is 489 g/mol. The number of nitrogens with one attached hydrogen (secondary N) is 1. The summed E-state index contributed by atoms with van der Waals surface area (Å²) >= 11 is 0. The van der Waals surface area contributed by atoms with E-state index in [1.165, 1.54) is 19.3 Å². The van der Waals surface area contributed by atoms with Crippen LogP contribution >= 0.6 is 0 Å². The van der Waals surface area contributed by atoms with Crippen molar-refractivity contribution in [3.05, 3.63) is 0 Å². The van der Waals surface area contributed by atoms with E-state index in [9.17, 15) is 15.0 Å². The van der Waals surface area contributed by atoms with Crippen LogP contribution < -0.4 is 5.32 Å². The minimum atomic E-state index is -0.499. The van der Waals surface area contributed by atoms with Crippen LogP contribution in [0.25, 0.3) is 0 Å². The molecule has 1 aliphatic heterocycles. The van der Waals surface area contributed by atoms with Crippen molar-refractivity contribution in [1.82, 2.24) is 5.32 Å². The largest absolute Gasteiger partial charge is 0.447 e. The molecule has 6 nitrogen and oxygen atoms in total. The van der Waals surface area contributed by atoms with E-state index in [2.05, 4.69) is 39.9 Å². The van der Waals surface area contributed by atoms with Crippen molar-refractivity contribution < 1.29 is 24.5 Å². The number of ether oxygens (including phenoxy) is 2. The first-order valence-electron chi connectivity index (χ1n) is 14.3. The molecule has 0 aromatic rings. The smallest absolute Gasteiger partial charge is 0.406 e. The molecule has 1 amide bonds. The van der Waals surface area contributed by atoms with Gasteiger partial charge < -0.3 is 25.0 Å². The minimum absolute atomic E-state index is 0.0215. The Morgan fingerprint density at radius 2 is 1.71 bits per heavy atom. The van der Waals surface area contributed by atoms with Gasteiger partial charge in [0, 0.05) is 12.5 Å². The first kappa shape index (κ1) is 24.5. The van der Waals surface area contributed by atoms with Crippen LogP contribution in [0, 0.1) is 50.7 Å². The van der Waals surface area contributed by atoms with Gasteiger partial charge in [-0.1, -0.05) is 34.6 Å². The topological polar surface area (TPSA) is 88.0 Å². The van der Waals surface area contributed by atoms with Crippen LogP contribution in [0.4, 0.5) is 4.79 Å². The fourth-order valence-corrected chi connectivity index (χ4v) is 11.7. The van der Waals surface area contributed by atoms with Crippen molar-refractivity contribution >= 4 is 6.09 Å². The van der Waals surface area contributed by atoms with E-state index in [0.29, 0.717) is 34.5 Å². The highest BCUT2D eigenvalue weighted by Crippen LogP contribution is 2.89. The van der Waals surface area contributed by atoms with E-state index in [1.807, 2.05) is 0 Å². The van der Waals surface area contributed by atoms with Crippen LogP contribution in [0.3, 0.4) is 0 Å². The molecule has 0 aromatic carbocycles. The molecule has 2 spiro atoms. The molecule has 0 radical (unpaired) electrons. The molecule has 1 heterocycles. The van der Waals surface area contributed by atoms with E-state index in [0.717, 1.165) is 32.1 Å². The molecule has 3 N–H and O–H groups in total. The van der Waals surface area contributed by atoms with Crippen LogP contribution in [-0.4, -0.2) is 54.4 Å². The Bertz CT molecular complexity index is 908. The average molecular weight is 490 g/mol. The van der Waals surface area contributed by atoms with E-state index in [-0.39, 0.29) is 41.2 Å². The summed E-state index contributed by atoms with van der Waals surface area (Å²) < 4.78 is 12.0. The first-order valence-corrected chi connectivity index (χ1v) is 14.3. The predicted molar refractivity (Wildman–Crippen MR) is 133 cm³/mol. The molecule has 5 saturated carbocycles. The third-order valence-electron chi connectivity index (χ3n) is 13.5. The van der Waals surface area contributed by atoms with Crippen LogP contribution in [-0.2, 0) is 9.47 Å². The number of hydrogen-bond donors (Lipinski definition) is 3. The average Bonchev–Trinajstić information content (AvgIpc) is 3.45. The molecule has 3 unspecified atom stereocenters. The summed E-state index contributed by atoms with van der Waals surface area (Å²) in [5.41, 5.74) is 0.513. The van der Waals surface area contributed by atoms with Gasteiger partial charge in [0.15, 0.2) is 0 Å². The molecule has 0 aromatic heterocycles. The Morgan fingerprint density at radius 3 is 2.43 bits per heavy atom. The fraction of sp³-hybridized carbons (Fsp3) is 0.966. The van der Waals surface area contributed by atoms with Crippen molar-refractivity contribution in [2.45, 2.75) is 110 Å². The Labute approximate surface area is 210 Å². The molecule has 6 aliphatic rings. The van der Waals surface area contributed by atoms with Gasteiger partial charge >= 0.3 is 6.09 Å². The second kappa shape index (κ2) is 7.38. The van der Waals surface area contributed by atoms with Crippen LogP contribution in [0.2, 0.25) is 0 Å². The number of rotatable bonds is 2. The predicted octanol–water partition coefficient (Wildman–Crippen LogP) is 4.52. The fourth-order valence-electron chi connectivity index (χ4n) is 11.7. The zero-order chi connectivity index (χ0) is 25.2. The Kier molecular flexibility index (Phi) is 5.16. The molecule has 0 bridgehead atoms. The molecule has 5 aliphatic carbocycles.